The second-order valence-corrected chi connectivity index (χ2v) is 4.13. The molecule has 20 heavy (non-hydrogen) atoms. The molecule has 2 aromatic carbocycles. The Labute approximate surface area is 115 Å². The Hall–Kier alpha value is -2.36. The molecule has 0 radical (unpaired) electrons. The maximum atomic E-state index is 13.3. The van der Waals surface area contributed by atoms with Crippen molar-refractivity contribution in [1.82, 2.24) is 0 Å². The molecule has 0 bridgehead atoms. The van der Waals surface area contributed by atoms with Crippen LogP contribution in [0, 0.1) is 17.1 Å². The van der Waals surface area contributed by atoms with Crippen LogP contribution in [0.3, 0.4) is 0 Å². The van der Waals surface area contributed by atoms with Crippen LogP contribution in [0.2, 0.25) is 0 Å². The molecule has 2 N–H and O–H groups in total. The number of hydrogen-bond acceptors (Lipinski definition) is 4. The number of rotatable bonds is 4. The van der Waals surface area contributed by atoms with Crippen molar-refractivity contribution in [3.05, 3.63) is 59.4 Å². The molecule has 100 valence electrons. The van der Waals surface area contributed by atoms with Gasteiger partial charge in [-0.05, 0) is 17.7 Å². The Morgan fingerprint density at radius 3 is 2.50 bits per heavy atom. The molecule has 2 aromatic rings. The Bertz CT molecular complexity index is 641. The van der Waals surface area contributed by atoms with E-state index in [1.165, 1.54) is 0 Å². The third-order valence-corrected chi connectivity index (χ3v) is 2.71. The van der Waals surface area contributed by atoms with E-state index >= 15 is 0 Å². The van der Waals surface area contributed by atoms with E-state index in [4.69, 9.17) is 10.00 Å². The smallest absolute Gasteiger partial charge is 0.488 e. The summed E-state index contributed by atoms with van der Waals surface area (Å²) in [7, 11) is -1.91. The van der Waals surface area contributed by atoms with E-state index in [-0.39, 0.29) is 23.4 Å². The molecule has 0 amide bonds. The summed E-state index contributed by atoms with van der Waals surface area (Å²) in [6.45, 7) is 0.140. The van der Waals surface area contributed by atoms with Gasteiger partial charge in [-0.1, -0.05) is 30.3 Å². The van der Waals surface area contributed by atoms with Gasteiger partial charge in [0.15, 0.2) is 0 Å². The quantitative estimate of drug-likeness (QED) is 0.812. The second kappa shape index (κ2) is 6.19. The van der Waals surface area contributed by atoms with Crippen LogP contribution in [0.1, 0.15) is 11.1 Å². The third-order valence-electron chi connectivity index (χ3n) is 2.71. The molecular weight excluding hydrogens is 260 g/mol. The molecule has 2 rings (SSSR count). The summed E-state index contributed by atoms with van der Waals surface area (Å²) in [5.74, 6) is -0.746. The fourth-order valence-electron chi connectivity index (χ4n) is 1.78. The van der Waals surface area contributed by atoms with Gasteiger partial charge in [0.2, 0.25) is 0 Å². The van der Waals surface area contributed by atoms with Crippen molar-refractivity contribution >= 4 is 12.6 Å². The van der Waals surface area contributed by atoms with Gasteiger partial charge in [-0.15, -0.1) is 0 Å². The van der Waals surface area contributed by atoms with Gasteiger partial charge in [0, 0.05) is 5.46 Å². The molecule has 0 aliphatic heterocycles. The van der Waals surface area contributed by atoms with Crippen LogP contribution < -0.4 is 10.2 Å². The van der Waals surface area contributed by atoms with Crippen LogP contribution in [0.5, 0.6) is 5.75 Å². The van der Waals surface area contributed by atoms with E-state index < -0.39 is 12.9 Å². The molecule has 0 unspecified atom stereocenters. The fraction of sp³-hybridized carbons (Fsp3) is 0.0714. The highest BCUT2D eigenvalue weighted by molar-refractivity contribution is 6.59. The van der Waals surface area contributed by atoms with E-state index in [0.29, 0.717) is 0 Å². The summed E-state index contributed by atoms with van der Waals surface area (Å²) in [6, 6.07) is 12.9. The molecule has 0 saturated carbocycles. The average Bonchev–Trinajstić information content (AvgIpc) is 2.46. The first-order valence-corrected chi connectivity index (χ1v) is 5.88. The fourth-order valence-corrected chi connectivity index (χ4v) is 1.78. The molecule has 0 atom stereocenters. The van der Waals surface area contributed by atoms with E-state index in [1.807, 2.05) is 30.3 Å². The molecule has 0 aliphatic rings. The second-order valence-electron chi connectivity index (χ2n) is 4.13. The van der Waals surface area contributed by atoms with Crippen molar-refractivity contribution in [2.75, 3.05) is 0 Å². The number of ether oxygens (including phenoxy) is 1. The van der Waals surface area contributed by atoms with Crippen LogP contribution in [-0.4, -0.2) is 17.2 Å². The van der Waals surface area contributed by atoms with Gasteiger partial charge in [0.05, 0.1) is 5.56 Å². The summed E-state index contributed by atoms with van der Waals surface area (Å²) < 4.78 is 18.7. The summed E-state index contributed by atoms with van der Waals surface area (Å²) >= 11 is 0. The van der Waals surface area contributed by atoms with E-state index in [9.17, 15) is 14.4 Å². The minimum absolute atomic E-state index is 0.0206. The van der Waals surface area contributed by atoms with E-state index in [2.05, 4.69) is 0 Å². The van der Waals surface area contributed by atoms with Crippen molar-refractivity contribution in [1.29, 1.82) is 5.26 Å². The highest BCUT2D eigenvalue weighted by Crippen LogP contribution is 2.18. The van der Waals surface area contributed by atoms with Gasteiger partial charge in [-0.3, -0.25) is 0 Å². The number of benzene rings is 2. The Morgan fingerprint density at radius 1 is 1.20 bits per heavy atom. The first-order valence-electron chi connectivity index (χ1n) is 5.88. The summed E-state index contributed by atoms with van der Waals surface area (Å²) in [5.41, 5.74) is 0.598. The summed E-state index contributed by atoms with van der Waals surface area (Å²) in [4.78, 5) is 0. The zero-order valence-electron chi connectivity index (χ0n) is 10.5. The number of nitriles is 1. The lowest BCUT2D eigenvalue weighted by Gasteiger charge is -2.13. The summed E-state index contributed by atoms with van der Waals surface area (Å²) in [5, 5.41) is 27.5. The van der Waals surface area contributed by atoms with Crippen LogP contribution in [0.15, 0.2) is 42.5 Å². The van der Waals surface area contributed by atoms with Crippen LogP contribution in [-0.2, 0) is 6.61 Å². The van der Waals surface area contributed by atoms with Crippen molar-refractivity contribution in [3.8, 4) is 11.8 Å². The van der Waals surface area contributed by atoms with Crippen molar-refractivity contribution in [2.45, 2.75) is 6.61 Å². The van der Waals surface area contributed by atoms with Crippen LogP contribution in [0.25, 0.3) is 0 Å². The SMILES string of the molecule is N#Cc1cc(F)cc(B(O)O)c1OCc1ccccc1. The molecule has 4 nitrogen and oxygen atoms in total. The molecular formula is C14H11BFNO3. The maximum Gasteiger partial charge on any atom is 0.492 e. The van der Waals surface area contributed by atoms with Crippen molar-refractivity contribution < 1.29 is 19.2 Å². The largest absolute Gasteiger partial charge is 0.492 e. The standard InChI is InChI=1S/C14H11BFNO3/c16-12-6-11(8-17)14(13(7-12)15(18)19)20-9-10-4-2-1-3-5-10/h1-7,18-19H,9H2. The number of halogens is 1. The topological polar surface area (TPSA) is 73.5 Å². The summed E-state index contributed by atoms with van der Waals surface area (Å²) in [6.07, 6.45) is 0. The Kier molecular flexibility index (Phi) is 4.36. The average molecular weight is 271 g/mol. The number of nitrogens with zero attached hydrogens (tertiary/aromatic N) is 1. The third kappa shape index (κ3) is 3.15. The Morgan fingerprint density at radius 2 is 1.90 bits per heavy atom. The first-order chi connectivity index (χ1) is 9.61. The zero-order chi connectivity index (χ0) is 14.5. The predicted molar refractivity (Wildman–Crippen MR) is 71.7 cm³/mol. The molecule has 0 spiro atoms. The molecule has 0 aliphatic carbocycles. The maximum absolute atomic E-state index is 13.3. The van der Waals surface area contributed by atoms with Gasteiger partial charge in [-0.2, -0.15) is 5.26 Å². The lowest BCUT2D eigenvalue weighted by atomic mass is 9.78. The van der Waals surface area contributed by atoms with Crippen molar-refractivity contribution in [3.63, 3.8) is 0 Å². The van der Waals surface area contributed by atoms with Crippen LogP contribution in [0.4, 0.5) is 4.39 Å². The molecule has 0 aromatic heterocycles. The van der Waals surface area contributed by atoms with Gasteiger partial charge in [0.25, 0.3) is 0 Å². The minimum Gasteiger partial charge on any atom is -0.488 e. The Balaban J connectivity index is 2.32. The minimum atomic E-state index is -1.91. The monoisotopic (exact) mass is 271 g/mol. The highest BCUT2D eigenvalue weighted by atomic mass is 19.1. The van der Waals surface area contributed by atoms with Gasteiger partial charge in [-0.25, -0.2) is 4.39 Å². The van der Waals surface area contributed by atoms with Crippen molar-refractivity contribution in [2.24, 2.45) is 0 Å². The zero-order valence-corrected chi connectivity index (χ0v) is 10.5. The molecule has 0 fully saturated rings. The van der Waals surface area contributed by atoms with Gasteiger partial charge in [0.1, 0.15) is 24.2 Å². The molecule has 0 saturated heterocycles. The van der Waals surface area contributed by atoms with E-state index in [0.717, 1.165) is 17.7 Å². The molecule has 6 heteroatoms. The predicted octanol–water partition coefficient (Wildman–Crippen LogP) is 0.956. The first kappa shape index (κ1) is 14.1. The molecule has 0 heterocycles. The number of hydrogen-bond donors (Lipinski definition) is 2. The van der Waals surface area contributed by atoms with E-state index in [1.54, 1.807) is 6.07 Å². The normalized spacial score (nSPS) is 9.90. The lowest BCUT2D eigenvalue weighted by Crippen LogP contribution is -2.32. The van der Waals surface area contributed by atoms with Gasteiger partial charge < -0.3 is 14.8 Å². The van der Waals surface area contributed by atoms with Crippen LogP contribution >= 0.6 is 0 Å². The van der Waals surface area contributed by atoms with Gasteiger partial charge >= 0.3 is 7.12 Å². The lowest BCUT2D eigenvalue weighted by molar-refractivity contribution is 0.305. The highest BCUT2D eigenvalue weighted by Gasteiger charge is 2.22.